The normalized spacial score (nSPS) is 16.4. The largest absolute Gasteiger partial charge is 0.465 e. The van der Waals surface area contributed by atoms with Crippen molar-refractivity contribution >= 4 is 11.7 Å². The zero-order valence-electron chi connectivity index (χ0n) is 10.7. The topological polar surface area (TPSA) is 52.3 Å². The fourth-order valence-electron chi connectivity index (χ4n) is 2.42. The second-order valence-electron chi connectivity index (χ2n) is 5.11. The lowest BCUT2D eigenvalue weighted by atomic mass is 9.90. The van der Waals surface area contributed by atoms with E-state index >= 15 is 0 Å². The first-order chi connectivity index (χ1) is 8.74. The lowest BCUT2D eigenvalue weighted by Crippen LogP contribution is -2.17. The molecule has 1 aliphatic carbocycles. The molecule has 1 aliphatic rings. The Morgan fingerprint density at radius 1 is 1.17 bits per heavy atom. The van der Waals surface area contributed by atoms with Gasteiger partial charge in [-0.05, 0) is 36.5 Å². The Labute approximate surface area is 108 Å². The van der Waals surface area contributed by atoms with E-state index < -0.39 is 0 Å². The second-order valence-corrected chi connectivity index (χ2v) is 5.11. The van der Waals surface area contributed by atoms with Crippen molar-refractivity contribution in [3.63, 3.8) is 0 Å². The fourth-order valence-corrected chi connectivity index (χ4v) is 2.42. The number of benzene rings is 1. The highest BCUT2D eigenvalue weighted by atomic mass is 16.5. The maximum Gasteiger partial charge on any atom is 0.310 e. The Hall–Kier alpha value is -1.51. The Bertz CT molecular complexity index is 380. The molecule has 2 N–H and O–H groups in total. The van der Waals surface area contributed by atoms with E-state index in [9.17, 15) is 4.79 Å². The standard InChI is InChI=1S/C15H21NO2/c16-14-8-6-12(7-9-14)10-15(17)18-11-13-4-2-1-3-5-13/h6-9,13H,1-5,10-11,16H2. The van der Waals surface area contributed by atoms with Gasteiger partial charge in [0.1, 0.15) is 0 Å². The summed E-state index contributed by atoms with van der Waals surface area (Å²) in [5.74, 6) is 0.444. The molecule has 0 amide bonds. The first-order valence-corrected chi connectivity index (χ1v) is 6.74. The van der Waals surface area contributed by atoms with Crippen LogP contribution in [-0.4, -0.2) is 12.6 Å². The maximum absolute atomic E-state index is 11.7. The van der Waals surface area contributed by atoms with Crippen molar-refractivity contribution in [3.05, 3.63) is 29.8 Å². The van der Waals surface area contributed by atoms with Gasteiger partial charge in [0, 0.05) is 5.69 Å². The second kappa shape index (κ2) is 6.43. The number of esters is 1. The molecule has 0 spiro atoms. The summed E-state index contributed by atoms with van der Waals surface area (Å²) >= 11 is 0. The van der Waals surface area contributed by atoms with Gasteiger partial charge in [0.15, 0.2) is 0 Å². The van der Waals surface area contributed by atoms with E-state index in [4.69, 9.17) is 10.5 Å². The molecule has 1 aromatic carbocycles. The van der Waals surface area contributed by atoms with Crippen LogP contribution in [0.4, 0.5) is 5.69 Å². The van der Waals surface area contributed by atoms with Crippen LogP contribution in [0.3, 0.4) is 0 Å². The summed E-state index contributed by atoms with van der Waals surface area (Å²) in [5.41, 5.74) is 7.27. The van der Waals surface area contributed by atoms with Crippen molar-refractivity contribution < 1.29 is 9.53 Å². The molecular weight excluding hydrogens is 226 g/mol. The smallest absolute Gasteiger partial charge is 0.310 e. The van der Waals surface area contributed by atoms with Crippen LogP contribution in [0.25, 0.3) is 0 Å². The Balaban J connectivity index is 1.73. The monoisotopic (exact) mass is 247 g/mol. The van der Waals surface area contributed by atoms with Gasteiger partial charge in [0.2, 0.25) is 0 Å². The number of nitrogens with two attached hydrogens (primary N) is 1. The Morgan fingerprint density at radius 2 is 1.83 bits per heavy atom. The Kier molecular flexibility index (Phi) is 4.62. The third kappa shape index (κ3) is 4.06. The van der Waals surface area contributed by atoms with E-state index in [2.05, 4.69) is 0 Å². The van der Waals surface area contributed by atoms with Crippen LogP contribution < -0.4 is 5.73 Å². The molecule has 0 aliphatic heterocycles. The van der Waals surface area contributed by atoms with Gasteiger partial charge in [-0.2, -0.15) is 0 Å². The van der Waals surface area contributed by atoms with Gasteiger partial charge in [-0.1, -0.05) is 31.4 Å². The van der Waals surface area contributed by atoms with E-state index in [0.29, 0.717) is 24.6 Å². The van der Waals surface area contributed by atoms with Crippen LogP contribution in [0, 0.1) is 5.92 Å². The molecule has 98 valence electrons. The third-order valence-corrected chi connectivity index (χ3v) is 3.53. The number of anilines is 1. The number of nitrogen functional groups attached to an aromatic ring is 1. The molecule has 0 unspecified atom stereocenters. The van der Waals surface area contributed by atoms with Crippen LogP contribution in [0.5, 0.6) is 0 Å². The first-order valence-electron chi connectivity index (χ1n) is 6.74. The number of carbonyl (C=O) groups is 1. The summed E-state index contributed by atoms with van der Waals surface area (Å²) in [6.07, 6.45) is 6.63. The third-order valence-electron chi connectivity index (χ3n) is 3.53. The summed E-state index contributed by atoms with van der Waals surface area (Å²) in [7, 11) is 0. The van der Waals surface area contributed by atoms with Gasteiger partial charge in [-0.25, -0.2) is 0 Å². The summed E-state index contributed by atoms with van der Waals surface area (Å²) in [4.78, 5) is 11.7. The predicted octanol–water partition coefficient (Wildman–Crippen LogP) is 2.93. The average molecular weight is 247 g/mol. The van der Waals surface area contributed by atoms with E-state index in [0.717, 1.165) is 5.56 Å². The minimum atomic E-state index is -0.134. The highest BCUT2D eigenvalue weighted by Gasteiger charge is 2.15. The van der Waals surface area contributed by atoms with Gasteiger partial charge in [-0.3, -0.25) is 4.79 Å². The molecule has 0 aromatic heterocycles. The molecule has 1 saturated carbocycles. The van der Waals surface area contributed by atoms with Crippen LogP contribution in [0.1, 0.15) is 37.7 Å². The molecule has 0 radical (unpaired) electrons. The molecule has 0 bridgehead atoms. The molecule has 18 heavy (non-hydrogen) atoms. The lowest BCUT2D eigenvalue weighted by Gasteiger charge is -2.21. The molecule has 1 fully saturated rings. The zero-order valence-corrected chi connectivity index (χ0v) is 10.7. The van der Waals surface area contributed by atoms with Gasteiger partial charge >= 0.3 is 5.97 Å². The maximum atomic E-state index is 11.7. The van der Waals surface area contributed by atoms with Crippen molar-refractivity contribution in [2.45, 2.75) is 38.5 Å². The zero-order chi connectivity index (χ0) is 12.8. The molecular formula is C15H21NO2. The van der Waals surface area contributed by atoms with Crippen molar-refractivity contribution in [1.29, 1.82) is 0 Å². The molecule has 3 nitrogen and oxygen atoms in total. The van der Waals surface area contributed by atoms with Crippen molar-refractivity contribution in [3.8, 4) is 0 Å². The average Bonchev–Trinajstić information content (AvgIpc) is 2.40. The molecule has 2 rings (SSSR count). The van der Waals surface area contributed by atoms with Crippen molar-refractivity contribution in [2.24, 2.45) is 5.92 Å². The van der Waals surface area contributed by atoms with E-state index in [-0.39, 0.29) is 5.97 Å². The van der Waals surface area contributed by atoms with Crippen LogP contribution in [0.15, 0.2) is 24.3 Å². The summed E-state index contributed by atoms with van der Waals surface area (Å²) in [6, 6.07) is 7.36. The molecule has 0 atom stereocenters. The van der Waals surface area contributed by atoms with Gasteiger partial charge in [0.05, 0.1) is 13.0 Å². The highest BCUT2D eigenvalue weighted by Crippen LogP contribution is 2.23. The number of hydrogen-bond acceptors (Lipinski definition) is 3. The Morgan fingerprint density at radius 3 is 2.50 bits per heavy atom. The van der Waals surface area contributed by atoms with E-state index in [1.165, 1.54) is 32.1 Å². The summed E-state index contributed by atoms with van der Waals surface area (Å²) in [5, 5.41) is 0. The number of rotatable bonds is 4. The first kappa shape index (κ1) is 12.9. The number of hydrogen-bond donors (Lipinski definition) is 1. The van der Waals surface area contributed by atoms with Crippen molar-refractivity contribution in [1.82, 2.24) is 0 Å². The number of carbonyl (C=O) groups excluding carboxylic acids is 1. The van der Waals surface area contributed by atoms with Crippen molar-refractivity contribution in [2.75, 3.05) is 12.3 Å². The highest BCUT2D eigenvalue weighted by molar-refractivity contribution is 5.72. The van der Waals surface area contributed by atoms with Gasteiger partial charge in [-0.15, -0.1) is 0 Å². The molecule has 0 heterocycles. The van der Waals surface area contributed by atoms with Gasteiger partial charge in [0.25, 0.3) is 0 Å². The number of ether oxygens (including phenoxy) is 1. The minimum Gasteiger partial charge on any atom is -0.465 e. The van der Waals surface area contributed by atoms with Crippen LogP contribution in [-0.2, 0) is 16.0 Å². The molecule has 0 saturated heterocycles. The summed E-state index contributed by atoms with van der Waals surface area (Å²) < 4.78 is 5.35. The van der Waals surface area contributed by atoms with E-state index in [1.54, 1.807) is 0 Å². The molecule has 3 heteroatoms. The van der Waals surface area contributed by atoms with Crippen LogP contribution >= 0.6 is 0 Å². The fraction of sp³-hybridized carbons (Fsp3) is 0.533. The van der Waals surface area contributed by atoms with E-state index in [1.807, 2.05) is 24.3 Å². The van der Waals surface area contributed by atoms with Crippen LogP contribution in [0.2, 0.25) is 0 Å². The predicted molar refractivity (Wildman–Crippen MR) is 72.1 cm³/mol. The quantitative estimate of drug-likeness (QED) is 0.657. The minimum absolute atomic E-state index is 0.134. The molecule has 1 aromatic rings. The lowest BCUT2D eigenvalue weighted by molar-refractivity contribution is -0.144. The SMILES string of the molecule is Nc1ccc(CC(=O)OCC2CCCCC2)cc1. The van der Waals surface area contributed by atoms with Gasteiger partial charge < -0.3 is 10.5 Å². The summed E-state index contributed by atoms with van der Waals surface area (Å²) in [6.45, 7) is 0.591.